The van der Waals surface area contributed by atoms with E-state index >= 15 is 0 Å². The Bertz CT molecular complexity index is 1060. The number of anilines is 1. The predicted molar refractivity (Wildman–Crippen MR) is 150 cm³/mol. The molecule has 9 heteroatoms. The Hall–Kier alpha value is -1.51. The number of carbonyl (C=O) groups excluding carboxylic acids is 1. The number of nitrogens with zero attached hydrogens (tertiary/aromatic N) is 3. The lowest BCUT2D eigenvalue weighted by atomic mass is 10.2. The zero-order valence-electron chi connectivity index (χ0n) is 20.2. The third kappa shape index (κ3) is 7.49. The number of ether oxygens (including phenoxy) is 1. The summed E-state index contributed by atoms with van der Waals surface area (Å²) in [6.45, 7) is 9.67. The van der Waals surface area contributed by atoms with Gasteiger partial charge in [-0.15, -0.1) is 24.2 Å². The molecule has 1 amide bonds. The molecule has 1 heterocycles. The number of aromatic nitrogens is 1. The highest BCUT2D eigenvalue weighted by atomic mass is 35.5. The molecule has 2 aromatic carbocycles. The highest BCUT2D eigenvalue weighted by molar-refractivity contribution is 7.99. The van der Waals surface area contributed by atoms with E-state index in [0.29, 0.717) is 34.4 Å². The van der Waals surface area contributed by atoms with Gasteiger partial charge >= 0.3 is 0 Å². The molecule has 3 aromatic rings. The van der Waals surface area contributed by atoms with Gasteiger partial charge in [-0.1, -0.05) is 54.5 Å². The van der Waals surface area contributed by atoms with Gasteiger partial charge in [0.15, 0.2) is 5.13 Å². The Kier molecular flexibility index (Phi) is 12.0. The van der Waals surface area contributed by atoms with E-state index in [2.05, 4.69) is 49.9 Å². The Morgan fingerprint density at radius 3 is 2.47 bits per heavy atom. The molecule has 34 heavy (non-hydrogen) atoms. The number of thioether (sulfide) groups is 1. The van der Waals surface area contributed by atoms with Crippen LogP contribution >= 0.6 is 47.1 Å². The van der Waals surface area contributed by atoms with Crippen molar-refractivity contribution in [3.63, 3.8) is 0 Å². The molecule has 0 aliphatic carbocycles. The van der Waals surface area contributed by atoms with Crippen LogP contribution in [-0.2, 0) is 4.79 Å². The number of hydrogen-bond acceptors (Lipinski definition) is 6. The zero-order chi connectivity index (χ0) is 23.8. The number of thiazole rings is 1. The van der Waals surface area contributed by atoms with E-state index in [4.69, 9.17) is 21.3 Å². The van der Waals surface area contributed by atoms with E-state index in [9.17, 15) is 4.79 Å². The molecule has 0 N–H and O–H groups in total. The SMILES string of the molecule is CCN(CC)CCN(C(=O)CCCSc1ccc(C)cc1)c1nc2c(OC)ccc(Cl)c2s1.Cl. The maximum Gasteiger partial charge on any atom is 0.228 e. The summed E-state index contributed by atoms with van der Waals surface area (Å²) in [6, 6.07) is 12.1. The van der Waals surface area contributed by atoms with Gasteiger partial charge in [-0.25, -0.2) is 4.98 Å². The molecule has 0 fully saturated rings. The Morgan fingerprint density at radius 2 is 1.82 bits per heavy atom. The average Bonchev–Trinajstić information content (AvgIpc) is 3.27. The van der Waals surface area contributed by atoms with Crippen molar-refractivity contribution in [2.24, 2.45) is 0 Å². The Labute approximate surface area is 222 Å². The van der Waals surface area contributed by atoms with Gasteiger partial charge in [-0.3, -0.25) is 9.69 Å². The first kappa shape index (κ1) is 28.7. The maximum absolute atomic E-state index is 13.3. The first-order valence-corrected chi connectivity index (χ1v) is 13.5. The van der Waals surface area contributed by atoms with Crippen molar-refractivity contribution < 1.29 is 9.53 Å². The third-order valence-corrected chi connectivity index (χ3v) is 8.19. The molecule has 186 valence electrons. The summed E-state index contributed by atoms with van der Waals surface area (Å²) in [5.41, 5.74) is 1.96. The van der Waals surface area contributed by atoms with Crippen LogP contribution in [0.3, 0.4) is 0 Å². The van der Waals surface area contributed by atoms with Crippen molar-refractivity contribution in [2.75, 3.05) is 43.9 Å². The molecule has 0 atom stereocenters. The van der Waals surface area contributed by atoms with E-state index in [1.165, 1.54) is 21.8 Å². The first-order chi connectivity index (χ1) is 16.0. The van der Waals surface area contributed by atoms with Gasteiger partial charge in [-0.05, 0) is 56.5 Å². The van der Waals surface area contributed by atoms with Gasteiger partial charge in [0, 0.05) is 24.4 Å². The van der Waals surface area contributed by atoms with Crippen LogP contribution in [0.15, 0.2) is 41.3 Å². The van der Waals surface area contributed by atoms with Crippen LogP contribution in [0.4, 0.5) is 5.13 Å². The summed E-state index contributed by atoms with van der Waals surface area (Å²) in [7, 11) is 1.62. The molecule has 0 radical (unpaired) electrons. The van der Waals surface area contributed by atoms with Crippen molar-refractivity contribution >= 4 is 68.4 Å². The molecule has 0 bridgehead atoms. The maximum atomic E-state index is 13.3. The summed E-state index contributed by atoms with van der Waals surface area (Å²) in [5, 5.41) is 1.31. The van der Waals surface area contributed by atoms with Gasteiger partial charge < -0.3 is 9.64 Å². The van der Waals surface area contributed by atoms with E-state index < -0.39 is 0 Å². The van der Waals surface area contributed by atoms with Crippen LogP contribution in [0.25, 0.3) is 10.2 Å². The van der Waals surface area contributed by atoms with Crippen molar-refractivity contribution in [1.29, 1.82) is 0 Å². The highest BCUT2D eigenvalue weighted by Gasteiger charge is 2.22. The number of likely N-dealkylation sites (N-methyl/N-ethyl adjacent to an activating group) is 1. The van der Waals surface area contributed by atoms with Crippen LogP contribution in [0.5, 0.6) is 5.75 Å². The molecule has 0 aliphatic heterocycles. The van der Waals surface area contributed by atoms with E-state index in [1.54, 1.807) is 18.9 Å². The van der Waals surface area contributed by atoms with Crippen LogP contribution < -0.4 is 9.64 Å². The van der Waals surface area contributed by atoms with Gasteiger partial charge in [0.1, 0.15) is 11.3 Å². The number of halogens is 2. The second-order valence-corrected chi connectivity index (χ2v) is 10.3. The molecular weight excluding hydrogens is 509 g/mol. The number of rotatable bonds is 12. The summed E-state index contributed by atoms with van der Waals surface area (Å²) >= 11 is 9.67. The van der Waals surface area contributed by atoms with E-state index in [1.807, 2.05) is 17.0 Å². The lowest BCUT2D eigenvalue weighted by Gasteiger charge is -2.24. The highest BCUT2D eigenvalue weighted by Crippen LogP contribution is 2.39. The van der Waals surface area contributed by atoms with Crippen molar-refractivity contribution in [1.82, 2.24) is 9.88 Å². The van der Waals surface area contributed by atoms with Crippen molar-refractivity contribution in [2.45, 2.75) is 38.5 Å². The quantitative estimate of drug-likeness (QED) is 0.183. The van der Waals surface area contributed by atoms with Crippen molar-refractivity contribution in [3.05, 3.63) is 47.0 Å². The number of benzene rings is 2. The van der Waals surface area contributed by atoms with Gasteiger partial charge in [0.2, 0.25) is 5.91 Å². The minimum Gasteiger partial charge on any atom is -0.494 e. The molecule has 0 spiro atoms. The second-order valence-electron chi connectivity index (χ2n) is 7.76. The smallest absolute Gasteiger partial charge is 0.228 e. The fraction of sp³-hybridized carbons (Fsp3) is 0.440. The second kappa shape index (κ2) is 14.1. The average molecular weight is 543 g/mol. The first-order valence-electron chi connectivity index (χ1n) is 11.3. The summed E-state index contributed by atoms with van der Waals surface area (Å²) < 4.78 is 6.32. The lowest BCUT2D eigenvalue weighted by molar-refractivity contribution is -0.118. The molecule has 1 aromatic heterocycles. The summed E-state index contributed by atoms with van der Waals surface area (Å²) in [4.78, 5) is 23.5. The van der Waals surface area contributed by atoms with Gasteiger partial charge in [0.25, 0.3) is 0 Å². The number of aryl methyl sites for hydroxylation is 1. The molecule has 0 aliphatic rings. The molecule has 0 unspecified atom stereocenters. The van der Waals surface area contributed by atoms with Gasteiger partial charge in [-0.2, -0.15) is 0 Å². The topological polar surface area (TPSA) is 45.7 Å². The third-order valence-electron chi connectivity index (χ3n) is 5.56. The fourth-order valence-electron chi connectivity index (χ4n) is 3.51. The standard InChI is InChI=1S/C25H32ClN3O2S2.ClH/c1-5-28(6-2)15-16-29(22(30)8-7-17-32-19-11-9-18(3)10-12-19)25-27-23-21(31-4)14-13-20(26)24(23)33-25;/h9-14H,5-8,15-17H2,1-4H3;1H. The molecule has 5 nitrogen and oxygen atoms in total. The number of carbonyl (C=O) groups is 1. The lowest BCUT2D eigenvalue weighted by Crippen LogP contribution is -2.38. The minimum atomic E-state index is 0. The minimum absolute atomic E-state index is 0. The van der Waals surface area contributed by atoms with Crippen LogP contribution in [0, 0.1) is 6.92 Å². The number of methoxy groups -OCH3 is 1. The Balaban J connectivity index is 0.00000408. The zero-order valence-corrected chi connectivity index (χ0v) is 23.4. The fourth-order valence-corrected chi connectivity index (χ4v) is 5.66. The number of fused-ring (bicyclic) bond motifs is 1. The van der Waals surface area contributed by atoms with Crippen LogP contribution in [-0.4, -0.2) is 54.8 Å². The van der Waals surface area contributed by atoms with Crippen LogP contribution in [0.2, 0.25) is 5.02 Å². The molecule has 0 saturated heterocycles. The molecular formula is C25H33Cl2N3O2S2. The largest absolute Gasteiger partial charge is 0.494 e. The predicted octanol–water partition coefficient (Wildman–Crippen LogP) is 6.94. The number of hydrogen-bond donors (Lipinski definition) is 0. The molecule has 0 saturated carbocycles. The van der Waals surface area contributed by atoms with E-state index in [-0.39, 0.29) is 18.3 Å². The molecule has 3 rings (SSSR count). The normalized spacial score (nSPS) is 11.0. The summed E-state index contributed by atoms with van der Waals surface area (Å²) in [6.07, 6.45) is 1.30. The monoisotopic (exact) mass is 541 g/mol. The van der Waals surface area contributed by atoms with Gasteiger partial charge in [0.05, 0.1) is 16.8 Å². The summed E-state index contributed by atoms with van der Waals surface area (Å²) in [5.74, 6) is 1.67. The van der Waals surface area contributed by atoms with Crippen LogP contribution in [0.1, 0.15) is 32.3 Å². The van der Waals surface area contributed by atoms with E-state index in [0.717, 1.165) is 36.5 Å². The Morgan fingerprint density at radius 1 is 1.12 bits per heavy atom. The van der Waals surface area contributed by atoms with Crippen molar-refractivity contribution in [3.8, 4) is 5.75 Å². The number of amides is 1.